The number of hydrogen-bond donors (Lipinski definition) is 2. The molecule has 1 aromatic carbocycles. The van der Waals surface area contributed by atoms with Crippen LogP contribution in [0.2, 0.25) is 0 Å². The molecule has 16 heavy (non-hydrogen) atoms. The lowest BCUT2D eigenvalue weighted by atomic mass is 10.1. The van der Waals surface area contributed by atoms with Gasteiger partial charge in [-0.25, -0.2) is 4.79 Å². The summed E-state index contributed by atoms with van der Waals surface area (Å²) in [5, 5.41) is 0. The number of nitrogens with one attached hydrogen (secondary N) is 1. The molecule has 0 unspecified atom stereocenters. The lowest BCUT2D eigenvalue weighted by molar-refractivity contribution is -0.137. The van der Waals surface area contributed by atoms with E-state index in [0.29, 0.717) is 0 Å². The highest BCUT2D eigenvalue weighted by Gasteiger charge is 2.33. The lowest BCUT2D eigenvalue weighted by Gasteiger charge is -2.12. The van der Waals surface area contributed by atoms with Gasteiger partial charge in [0.2, 0.25) is 0 Å². The predicted octanol–water partition coefficient (Wildman–Crippen LogP) is 1.78. The molecular formula is C9H9F3N2O2. The van der Waals surface area contributed by atoms with Crippen molar-refractivity contribution in [3.05, 3.63) is 29.3 Å². The molecule has 0 aliphatic carbocycles. The fourth-order valence-electron chi connectivity index (χ4n) is 1.16. The number of alkyl halides is 3. The van der Waals surface area contributed by atoms with Crippen molar-refractivity contribution in [3.8, 4) is 0 Å². The number of nitrogens with two attached hydrogens (primary N) is 1. The number of benzene rings is 1. The first-order valence-corrected chi connectivity index (χ1v) is 4.16. The molecule has 0 heterocycles. The summed E-state index contributed by atoms with van der Waals surface area (Å²) in [6.45, 7) is 0. The van der Waals surface area contributed by atoms with Gasteiger partial charge in [-0.1, -0.05) is 0 Å². The normalized spacial score (nSPS) is 11.1. The van der Waals surface area contributed by atoms with Crippen LogP contribution in [0.4, 0.5) is 18.9 Å². The molecule has 0 fully saturated rings. The van der Waals surface area contributed by atoms with Gasteiger partial charge in [-0.15, -0.1) is 0 Å². The average Bonchev–Trinajstić information content (AvgIpc) is 2.25. The highest BCUT2D eigenvalue weighted by molar-refractivity contribution is 5.90. The van der Waals surface area contributed by atoms with Crippen molar-refractivity contribution in [2.75, 3.05) is 12.5 Å². The number of nitrogen functional groups attached to an aromatic ring is 1. The van der Waals surface area contributed by atoms with Gasteiger partial charge in [-0.2, -0.15) is 13.2 Å². The van der Waals surface area contributed by atoms with Gasteiger partial charge in [0.25, 0.3) is 0 Å². The Balaban J connectivity index is 3.22. The molecule has 88 valence electrons. The van der Waals surface area contributed by atoms with Gasteiger partial charge in [0.05, 0.1) is 23.9 Å². The van der Waals surface area contributed by atoms with Crippen LogP contribution in [0, 0.1) is 0 Å². The first kappa shape index (κ1) is 12.3. The average molecular weight is 234 g/mol. The summed E-state index contributed by atoms with van der Waals surface area (Å²) in [4.78, 5) is 11.1. The van der Waals surface area contributed by atoms with E-state index in [2.05, 4.69) is 4.74 Å². The number of rotatable bonds is 2. The van der Waals surface area contributed by atoms with Crippen LogP contribution in [0.5, 0.6) is 0 Å². The second-order valence-corrected chi connectivity index (χ2v) is 2.89. The van der Waals surface area contributed by atoms with Crippen LogP contribution in [-0.4, -0.2) is 13.1 Å². The first-order valence-electron chi connectivity index (χ1n) is 4.16. The van der Waals surface area contributed by atoms with Crippen LogP contribution in [0.15, 0.2) is 18.2 Å². The van der Waals surface area contributed by atoms with Crippen LogP contribution in [0.25, 0.3) is 0 Å². The molecule has 0 aliphatic rings. The second kappa shape index (κ2) is 4.40. The van der Waals surface area contributed by atoms with Crippen molar-refractivity contribution in [1.29, 1.82) is 0 Å². The fraction of sp³-hybridized carbons (Fsp3) is 0.222. The minimum Gasteiger partial charge on any atom is -0.465 e. The fourth-order valence-corrected chi connectivity index (χ4v) is 1.16. The smallest absolute Gasteiger partial charge is 0.418 e. The molecular weight excluding hydrogens is 225 g/mol. The summed E-state index contributed by atoms with van der Waals surface area (Å²) in [6, 6.07) is 2.77. The molecule has 0 aliphatic heterocycles. The number of anilines is 1. The minimum absolute atomic E-state index is 0.0107. The minimum atomic E-state index is -4.53. The lowest BCUT2D eigenvalue weighted by Crippen LogP contribution is -2.16. The molecule has 7 heteroatoms. The van der Waals surface area contributed by atoms with E-state index >= 15 is 0 Å². The number of carbonyl (C=O) groups is 1. The van der Waals surface area contributed by atoms with E-state index < -0.39 is 17.7 Å². The molecule has 1 rings (SSSR count). The van der Waals surface area contributed by atoms with Crippen LogP contribution >= 0.6 is 0 Å². The molecule has 0 saturated carbocycles. The van der Waals surface area contributed by atoms with Gasteiger partial charge in [-0.05, 0) is 18.2 Å². The molecule has 0 atom stereocenters. The Bertz CT molecular complexity index is 404. The number of hydrogen-bond acceptors (Lipinski definition) is 4. The second-order valence-electron chi connectivity index (χ2n) is 2.89. The molecule has 0 amide bonds. The van der Waals surface area contributed by atoms with Crippen molar-refractivity contribution in [3.63, 3.8) is 0 Å². The van der Waals surface area contributed by atoms with Crippen LogP contribution in [0.3, 0.4) is 0 Å². The summed E-state index contributed by atoms with van der Waals surface area (Å²) in [5.74, 6) is 4.22. The third-order valence-electron chi connectivity index (χ3n) is 1.90. The van der Waals surface area contributed by atoms with Crippen molar-refractivity contribution in [2.45, 2.75) is 6.18 Å². The molecule has 0 radical (unpaired) electrons. The predicted molar refractivity (Wildman–Crippen MR) is 50.6 cm³/mol. The molecule has 0 spiro atoms. The van der Waals surface area contributed by atoms with Gasteiger partial charge in [0.1, 0.15) is 0 Å². The van der Waals surface area contributed by atoms with E-state index in [1.165, 1.54) is 0 Å². The monoisotopic (exact) mass is 234 g/mol. The molecule has 0 aromatic heterocycles. The zero-order valence-corrected chi connectivity index (χ0v) is 8.26. The van der Waals surface area contributed by atoms with E-state index in [9.17, 15) is 18.0 Å². The Morgan fingerprint density at radius 2 is 2.06 bits per heavy atom. The molecule has 0 saturated heterocycles. The van der Waals surface area contributed by atoms with Gasteiger partial charge >= 0.3 is 12.1 Å². The van der Waals surface area contributed by atoms with E-state index in [1.807, 2.05) is 5.43 Å². The topological polar surface area (TPSA) is 64.3 Å². The molecule has 3 N–H and O–H groups in total. The molecule has 0 bridgehead atoms. The Kier molecular flexibility index (Phi) is 3.38. The summed E-state index contributed by atoms with van der Waals surface area (Å²) in [6.07, 6.45) is -4.53. The SMILES string of the molecule is COC(=O)c1ccc(C(F)(F)F)c(NN)c1. The van der Waals surface area contributed by atoms with Gasteiger partial charge in [-0.3, -0.25) is 5.84 Å². The van der Waals surface area contributed by atoms with Gasteiger partial charge in [0, 0.05) is 0 Å². The zero-order chi connectivity index (χ0) is 12.3. The van der Waals surface area contributed by atoms with Gasteiger partial charge in [0.15, 0.2) is 0 Å². The molecule has 4 nitrogen and oxygen atoms in total. The Morgan fingerprint density at radius 3 is 2.50 bits per heavy atom. The summed E-state index contributed by atoms with van der Waals surface area (Å²) >= 11 is 0. The highest BCUT2D eigenvalue weighted by Crippen LogP contribution is 2.34. The van der Waals surface area contributed by atoms with E-state index in [-0.39, 0.29) is 11.3 Å². The van der Waals surface area contributed by atoms with Crippen molar-refractivity contribution in [1.82, 2.24) is 0 Å². The number of halogens is 3. The van der Waals surface area contributed by atoms with Crippen molar-refractivity contribution < 1.29 is 22.7 Å². The summed E-state index contributed by atoms with van der Waals surface area (Å²) in [5.41, 5.74) is 0.562. The zero-order valence-electron chi connectivity index (χ0n) is 8.26. The number of esters is 1. The molecule has 1 aromatic rings. The van der Waals surface area contributed by atoms with E-state index in [0.717, 1.165) is 25.3 Å². The largest absolute Gasteiger partial charge is 0.465 e. The van der Waals surface area contributed by atoms with Crippen LogP contribution < -0.4 is 11.3 Å². The number of methoxy groups -OCH3 is 1. The Morgan fingerprint density at radius 1 is 1.44 bits per heavy atom. The number of ether oxygens (including phenoxy) is 1. The third kappa shape index (κ3) is 2.43. The Labute approximate surface area is 89.2 Å². The maximum atomic E-state index is 12.4. The van der Waals surface area contributed by atoms with Crippen LogP contribution in [-0.2, 0) is 10.9 Å². The number of carbonyl (C=O) groups excluding carboxylic acids is 1. The maximum Gasteiger partial charge on any atom is 0.418 e. The third-order valence-corrected chi connectivity index (χ3v) is 1.90. The van der Waals surface area contributed by atoms with Crippen LogP contribution in [0.1, 0.15) is 15.9 Å². The maximum absolute atomic E-state index is 12.4. The van der Waals surface area contributed by atoms with Gasteiger partial charge < -0.3 is 10.2 Å². The van der Waals surface area contributed by atoms with E-state index in [1.54, 1.807) is 0 Å². The summed E-state index contributed by atoms with van der Waals surface area (Å²) in [7, 11) is 1.13. The number of hydrazine groups is 1. The Hall–Kier alpha value is -1.76. The first-order chi connectivity index (χ1) is 7.40. The summed E-state index contributed by atoms with van der Waals surface area (Å²) < 4.78 is 41.7. The highest BCUT2D eigenvalue weighted by atomic mass is 19.4. The quantitative estimate of drug-likeness (QED) is 0.465. The van der Waals surface area contributed by atoms with Crippen molar-refractivity contribution in [2.24, 2.45) is 5.84 Å². The standard InChI is InChI=1S/C9H9F3N2O2/c1-16-8(15)5-2-3-6(9(10,11)12)7(4-5)14-13/h2-4,14H,13H2,1H3. The van der Waals surface area contributed by atoms with Crippen molar-refractivity contribution >= 4 is 11.7 Å². The van der Waals surface area contributed by atoms with E-state index in [4.69, 9.17) is 5.84 Å².